The Kier molecular flexibility index (Phi) is 12.4. The summed E-state index contributed by atoms with van der Waals surface area (Å²) >= 11 is 4.66. The molecule has 0 saturated heterocycles. The molecule has 0 aromatic rings. The first-order chi connectivity index (χ1) is 1.73. The molecule has 0 aliphatic carbocycles. The van der Waals surface area contributed by atoms with Gasteiger partial charge in [-0.25, -0.2) is 0 Å². The smallest absolute Gasteiger partial charge is 0.0121 e. The SMILES string of the molecule is C[B-](I)I.[V]. The van der Waals surface area contributed by atoms with Gasteiger partial charge in [-0.05, 0) is 0 Å². The van der Waals surface area contributed by atoms with Crippen LogP contribution in [0.2, 0.25) is 6.82 Å². The molecule has 0 saturated carbocycles. The van der Waals surface area contributed by atoms with Crippen molar-refractivity contribution in [2.45, 2.75) is 6.82 Å². The molecule has 2 radical (unpaired) electrons. The third-order valence-electron chi connectivity index (χ3n) is 0. The summed E-state index contributed by atoms with van der Waals surface area (Å²) in [5.41, 5.74) is 0. The predicted molar refractivity (Wildman–Crippen MR) is 39.7 cm³/mol. The van der Waals surface area contributed by atoms with Crippen molar-refractivity contribution in [2.24, 2.45) is 0 Å². The molecule has 30 valence electrons. The fourth-order valence-corrected chi connectivity index (χ4v) is 0. The number of hydrogen-bond acceptors (Lipinski definition) is 0. The third-order valence-corrected chi connectivity index (χ3v) is 0. The molecule has 0 nitrogen and oxygen atoms in total. The molecule has 5 heavy (non-hydrogen) atoms. The second kappa shape index (κ2) is 6.11. The maximum atomic E-state index is 2.33. The van der Waals surface area contributed by atoms with Crippen LogP contribution in [0.1, 0.15) is 0 Å². The van der Waals surface area contributed by atoms with Gasteiger partial charge in [0.05, 0.1) is 0 Å². The van der Waals surface area contributed by atoms with Crippen LogP contribution < -0.4 is 0 Å². The van der Waals surface area contributed by atoms with Crippen LogP contribution in [0.4, 0.5) is 0 Å². The van der Waals surface area contributed by atoms with Crippen LogP contribution in [0.5, 0.6) is 0 Å². The summed E-state index contributed by atoms with van der Waals surface area (Å²) in [5.74, 6) is 0. The zero-order valence-electron chi connectivity index (χ0n) is 2.78. The summed E-state index contributed by atoms with van der Waals surface area (Å²) in [6.45, 7) is 2.14. The molecule has 0 aromatic carbocycles. The Morgan fingerprint density at radius 3 is 1.40 bits per heavy atom. The molecule has 0 aromatic heterocycles. The molecule has 0 heterocycles. The topological polar surface area (TPSA) is 0 Å². The van der Waals surface area contributed by atoms with Gasteiger partial charge in [-0.1, -0.05) is 0 Å². The molecule has 0 aliphatic heterocycles. The average Bonchev–Trinajstić information content (AvgIpc) is 0.811. The van der Waals surface area contributed by atoms with Gasteiger partial charge >= 0.3 is 0 Å². The van der Waals surface area contributed by atoms with Crippen LogP contribution in [0.3, 0.4) is 0 Å². The minimum Gasteiger partial charge on any atom is -0.378 e. The molecular formula is CH3BI2V-. The molecule has 0 N–H and O–H groups in total. The molecule has 0 rings (SSSR count). The molecular weight excluding hydrogens is 328 g/mol. The van der Waals surface area contributed by atoms with Crippen molar-refractivity contribution >= 4 is 47.2 Å². The van der Waals surface area contributed by atoms with Gasteiger partial charge in [0.25, 0.3) is 0 Å². The van der Waals surface area contributed by atoms with Gasteiger partial charge in [0.1, 0.15) is 0 Å². The van der Waals surface area contributed by atoms with E-state index in [1.165, 1.54) is 0 Å². The number of rotatable bonds is 0. The Morgan fingerprint density at radius 1 is 1.40 bits per heavy atom. The zero-order chi connectivity index (χ0) is 3.58. The number of halogens is 2. The summed E-state index contributed by atoms with van der Waals surface area (Å²) in [4.78, 5) is 0. The van der Waals surface area contributed by atoms with Gasteiger partial charge in [0, 0.05) is 21.0 Å². The molecule has 0 aliphatic rings. The van der Waals surface area contributed by atoms with E-state index in [1.807, 2.05) is 0 Å². The third kappa shape index (κ3) is 23.2. The standard InChI is InChI=1S/CH3BI2.V/c1-2(3)4;/h1H3;/q-1;. The van der Waals surface area contributed by atoms with Crippen molar-refractivity contribution in [2.75, 3.05) is 0 Å². The van der Waals surface area contributed by atoms with Gasteiger partial charge in [0.15, 0.2) is 0 Å². The van der Waals surface area contributed by atoms with Gasteiger partial charge in [0.2, 0.25) is 0 Å². The van der Waals surface area contributed by atoms with E-state index in [4.69, 9.17) is 0 Å². The van der Waals surface area contributed by atoms with E-state index in [9.17, 15) is 0 Å². The fraction of sp³-hybridized carbons (Fsp3) is 1.00. The fourth-order valence-electron chi connectivity index (χ4n) is 0. The normalized spacial score (nSPS) is 7.20. The zero-order valence-corrected chi connectivity index (χ0v) is 8.49. The summed E-state index contributed by atoms with van der Waals surface area (Å²) in [6, 6.07) is 0. The van der Waals surface area contributed by atoms with Crippen molar-refractivity contribution in [1.29, 1.82) is 0 Å². The Labute approximate surface area is 71.6 Å². The van der Waals surface area contributed by atoms with Crippen molar-refractivity contribution in [3.8, 4) is 0 Å². The average molecular weight is 331 g/mol. The minimum atomic E-state index is 0. The monoisotopic (exact) mass is 331 g/mol. The van der Waals surface area contributed by atoms with Gasteiger partial charge in [-0.3, -0.25) is 0 Å². The maximum absolute atomic E-state index is 2.33. The molecule has 0 spiro atoms. The maximum Gasteiger partial charge on any atom is 0.0121 e. The van der Waals surface area contributed by atoms with E-state index >= 15 is 0 Å². The van der Waals surface area contributed by atoms with Crippen molar-refractivity contribution < 1.29 is 18.6 Å². The van der Waals surface area contributed by atoms with E-state index in [1.54, 1.807) is 0 Å². The molecule has 0 fully saturated rings. The quantitative estimate of drug-likeness (QED) is 0.471. The predicted octanol–water partition coefficient (Wildman–Crippen LogP) is 1.97. The first-order valence-electron chi connectivity index (χ1n) is 1.01. The van der Waals surface area contributed by atoms with Crippen LogP contribution in [-0.2, 0) is 18.6 Å². The summed E-state index contributed by atoms with van der Waals surface area (Å²) in [6.07, 6.45) is 0. The van der Waals surface area contributed by atoms with Crippen LogP contribution in [0.25, 0.3) is 0 Å². The number of hydrogen-bond donors (Lipinski definition) is 0. The molecule has 0 bridgehead atoms. The van der Waals surface area contributed by atoms with E-state index in [0.717, 1.165) is 2.43 Å². The second-order valence-corrected chi connectivity index (χ2v) is 6.64. The molecule has 0 atom stereocenters. The minimum absolute atomic E-state index is 0. The molecule has 4 heteroatoms. The van der Waals surface area contributed by atoms with Crippen molar-refractivity contribution in [1.82, 2.24) is 0 Å². The Hall–Kier alpha value is 2.11. The molecule has 0 amide bonds. The van der Waals surface area contributed by atoms with Crippen LogP contribution in [0, 0.1) is 0 Å². The molecule has 0 unspecified atom stereocenters. The van der Waals surface area contributed by atoms with E-state index in [2.05, 4.69) is 51.6 Å². The second-order valence-electron chi connectivity index (χ2n) is 0.519. The van der Waals surface area contributed by atoms with Crippen LogP contribution in [-0.4, -0.2) is 2.43 Å². The summed E-state index contributed by atoms with van der Waals surface area (Å²) in [7, 11) is 0. The Morgan fingerprint density at radius 2 is 1.40 bits per heavy atom. The summed E-state index contributed by atoms with van der Waals surface area (Å²) < 4.78 is 0.773. The van der Waals surface area contributed by atoms with Gasteiger partial charge in [-0.2, -0.15) is 6.82 Å². The van der Waals surface area contributed by atoms with E-state index in [0.29, 0.717) is 0 Å². The van der Waals surface area contributed by atoms with Crippen LogP contribution >= 0.6 is 44.7 Å². The van der Waals surface area contributed by atoms with Crippen molar-refractivity contribution in [3.63, 3.8) is 0 Å². The van der Waals surface area contributed by atoms with Gasteiger partial charge in [-0.15, -0.1) is 0 Å². The largest absolute Gasteiger partial charge is 0.378 e. The first-order valence-corrected chi connectivity index (χ1v) is 3.51. The Bertz CT molecular complexity index is 14.4. The summed E-state index contributed by atoms with van der Waals surface area (Å²) in [5, 5.41) is 0. The first kappa shape index (κ1) is 10.2. The van der Waals surface area contributed by atoms with E-state index in [-0.39, 0.29) is 18.6 Å². The van der Waals surface area contributed by atoms with E-state index < -0.39 is 0 Å². The Balaban J connectivity index is 0. The van der Waals surface area contributed by atoms with Crippen LogP contribution in [0.15, 0.2) is 0 Å². The van der Waals surface area contributed by atoms with Crippen molar-refractivity contribution in [3.05, 3.63) is 0 Å². The van der Waals surface area contributed by atoms with Gasteiger partial charge < -0.3 is 44.7 Å².